The van der Waals surface area contributed by atoms with E-state index in [-0.39, 0.29) is 11.7 Å². The summed E-state index contributed by atoms with van der Waals surface area (Å²) in [6.07, 6.45) is -0.981. The van der Waals surface area contributed by atoms with Gasteiger partial charge < -0.3 is 9.15 Å². The first-order chi connectivity index (χ1) is 13.3. The quantitative estimate of drug-likeness (QED) is 0.482. The lowest BCUT2D eigenvalue weighted by Crippen LogP contribution is -2.29. The number of Topliss-reactive ketones (excluding diaryl/α,β-unsaturated/α-hetero) is 1. The largest absolute Gasteiger partial charge is 0.453 e. The summed E-state index contributed by atoms with van der Waals surface area (Å²) in [6, 6.07) is 14.2. The second-order valence-corrected chi connectivity index (χ2v) is 6.49. The molecular weight excluding hydrogens is 360 g/mol. The summed E-state index contributed by atoms with van der Waals surface area (Å²) in [5, 5.41) is 4.00. The molecule has 7 heteroatoms. The van der Waals surface area contributed by atoms with Crippen molar-refractivity contribution in [3.05, 3.63) is 75.8 Å². The van der Waals surface area contributed by atoms with E-state index in [1.54, 1.807) is 36.4 Å². The number of esters is 1. The van der Waals surface area contributed by atoms with Gasteiger partial charge in [-0.3, -0.25) is 9.59 Å². The molecule has 0 amide bonds. The molecule has 0 aliphatic heterocycles. The highest BCUT2D eigenvalue weighted by atomic mass is 16.5. The van der Waals surface area contributed by atoms with Gasteiger partial charge in [-0.2, -0.15) is 4.68 Å². The molecule has 3 rings (SSSR count). The van der Waals surface area contributed by atoms with Crippen LogP contribution in [0.25, 0.3) is 11.5 Å². The number of aromatic nitrogens is 2. The summed E-state index contributed by atoms with van der Waals surface area (Å²) in [7, 11) is 0. The van der Waals surface area contributed by atoms with Crippen molar-refractivity contribution in [3.8, 4) is 11.5 Å². The Bertz CT molecular complexity index is 1070. The number of hydrogen-bond acceptors (Lipinski definition) is 6. The van der Waals surface area contributed by atoms with E-state index in [2.05, 4.69) is 5.10 Å². The number of carbonyl (C=O) groups excluding carboxylic acids is 2. The number of ketones is 1. The van der Waals surface area contributed by atoms with Gasteiger partial charge in [0.15, 0.2) is 6.10 Å². The van der Waals surface area contributed by atoms with E-state index in [0.29, 0.717) is 11.1 Å². The lowest BCUT2D eigenvalue weighted by Gasteiger charge is -2.13. The maximum absolute atomic E-state index is 12.5. The van der Waals surface area contributed by atoms with Crippen molar-refractivity contribution in [3.63, 3.8) is 0 Å². The Hall–Kier alpha value is -3.48. The van der Waals surface area contributed by atoms with E-state index >= 15 is 0 Å². The maximum Gasteiger partial charge on any atom is 0.437 e. The molecule has 0 radical (unpaired) electrons. The third kappa shape index (κ3) is 4.25. The van der Waals surface area contributed by atoms with Gasteiger partial charge in [0, 0.05) is 11.1 Å². The smallest absolute Gasteiger partial charge is 0.437 e. The molecule has 1 heterocycles. The number of rotatable bonds is 6. The van der Waals surface area contributed by atoms with E-state index in [1.165, 1.54) is 6.92 Å². The SMILES string of the molecule is Cc1ccc(C(=O)[C@H](C)OC(=O)Cn2nc(-c3ccccc3)oc2=O)cc1C. The van der Waals surface area contributed by atoms with Crippen molar-refractivity contribution >= 4 is 11.8 Å². The van der Waals surface area contributed by atoms with Crippen molar-refractivity contribution in [1.29, 1.82) is 0 Å². The summed E-state index contributed by atoms with van der Waals surface area (Å²) >= 11 is 0. The third-order valence-corrected chi connectivity index (χ3v) is 4.37. The minimum atomic E-state index is -0.981. The molecule has 0 N–H and O–H groups in total. The van der Waals surface area contributed by atoms with Crippen LogP contribution in [0.2, 0.25) is 0 Å². The topological polar surface area (TPSA) is 91.4 Å². The van der Waals surface area contributed by atoms with E-state index in [1.807, 2.05) is 26.0 Å². The fraction of sp³-hybridized carbons (Fsp3) is 0.238. The molecule has 2 aromatic carbocycles. The molecule has 3 aromatic rings. The molecule has 144 valence electrons. The summed E-state index contributed by atoms with van der Waals surface area (Å²) < 4.78 is 11.1. The minimum Gasteiger partial charge on any atom is -0.453 e. The number of ether oxygens (including phenoxy) is 1. The highest BCUT2D eigenvalue weighted by Gasteiger charge is 2.21. The molecule has 0 saturated carbocycles. The summed E-state index contributed by atoms with van der Waals surface area (Å²) in [4.78, 5) is 36.6. The van der Waals surface area contributed by atoms with Crippen LogP contribution in [0.3, 0.4) is 0 Å². The molecule has 1 aromatic heterocycles. The van der Waals surface area contributed by atoms with Crippen LogP contribution in [0.4, 0.5) is 0 Å². The third-order valence-electron chi connectivity index (χ3n) is 4.37. The average molecular weight is 380 g/mol. The Labute approximate surface area is 161 Å². The first-order valence-corrected chi connectivity index (χ1v) is 8.79. The molecule has 28 heavy (non-hydrogen) atoms. The van der Waals surface area contributed by atoms with E-state index < -0.39 is 24.4 Å². The van der Waals surface area contributed by atoms with Crippen LogP contribution in [0.1, 0.15) is 28.4 Å². The molecule has 7 nitrogen and oxygen atoms in total. The van der Waals surface area contributed by atoms with Crippen molar-refractivity contribution in [2.75, 3.05) is 0 Å². The number of hydrogen-bond donors (Lipinski definition) is 0. The molecule has 0 spiro atoms. The Kier molecular flexibility index (Phi) is 5.54. The van der Waals surface area contributed by atoms with Gasteiger partial charge in [-0.05, 0) is 50.1 Å². The van der Waals surface area contributed by atoms with Gasteiger partial charge in [0.05, 0.1) is 0 Å². The Morgan fingerprint density at radius 3 is 2.50 bits per heavy atom. The molecule has 0 saturated heterocycles. The van der Waals surface area contributed by atoms with Gasteiger partial charge in [0.25, 0.3) is 0 Å². The van der Waals surface area contributed by atoms with Crippen molar-refractivity contribution in [2.45, 2.75) is 33.4 Å². The van der Waals surface area contributed by atoms with Crippen LogP contribution >= 0.6 is 0 Å². The van der Waals surface area contributed by atoms with Crippen LogP contribution in [0.5, 0.6) is 0 Å². The summed E-state index contributed by atoms with van der Waals surface area (Å²) in [5.74, 6) is -1.73. The number of benzene rings is 2. The zero-order valence-corrected chi connectivity index (χ0v) is 15.8. The predicted octanol–water partition coefficient (Wildman–Crippen LogP) is 2.93. The maximum atomic E-state index is 12.5. The molecule has 0 unspecified atom stereocenters. The monoisotopic (exact) mass is 380 g/mol. The molecular formula is C21H20N2O5. The number of aryl methyl sites for hydroxylation is 2. The van der Waals surface area contributed by atoms with Gasteiger partial charge in [0.2, 0.25) is 11.7 Å². The first-order valence-electron chi connectivity index (χ1n) is 8.79. The van der Waals surface area contributed by atoms with Gasteiger partial charge in [-0.1, -0.05) is 30.3 Å². The van der Waals surface area contributed by atoms with Crippen LogP contribution < -0.4 is 5.76 Å². The zero-order chi connectivity index (χ0) is 20.3. The highest BCUT2D eigenvalue weighted by molar-refractivity contribution is 6.00. The summed E-state index contributed by atoms with van der Waals surface area (Å²) in [6.45, 7) is 4.91. The minimum absolute atomic E-state index is 0.109. The van der Waals surface area contributed by atoms with Gasteiger partial charge in [-0.15, -0.1) is 5.10 Å². The molecule has 0 fully saturated rings. The Balaban J connectivity index is 1.67. The molecule has 1 atom stereocenters. The standard InChI is InChI=1S/C21H20N2O5/c1-13-9-10-17(11-14(13)2)19(25)15(3)27-18(24)12-23-21(26)28-20(22-23)16-7-5-4-6-8-16/h4-11,15H,12H2,1-3H3/t15-/m0/s1. The van der Waals surface area contributed by atoms with Crippen LogP contribution in [0, 0.1) is 13.8 Å². The van der Waals surface area contributed by atoms with E-state index in [9.17, 15) is 14.4 Å². The van der Waals surface area contributed by atoms with Crippen molar-refractivity contribution < 1.29 is 18.7 Å². The van der Waals surface area contributed by atoms with E-state index in [0.717, 1.165) is 15.8 Å². The predicted molar refractivity (Wildman–Crippen MR) is 102 cm³/mol. The van der Waals surface area contributed by atoms with Crippen LogP contribution in [-0.4, -0.2) is 27.6 Å². The zero-order valence-electron chi connectivity index (χ0n) is 15.8. The lowest BCUT2D eigenvalue weighted by molar-refractivity contribution is -0.147. The van der Waals surface area contributed by atoms with Crippen molar-refractivity contribution in [2.24, 2.45) is 0 Å². The fourth-order valence-corrected chi connectivity index (χ4v) is 2.64. The first kappa shape index (κ1) is 19.3. The number of nitrogens with zero attached hydrogens (tertiary/aromatic N) is 2. The fourth-order valence-electron chi connectivity index (χ4n) is 2.64. The van der Waals surface area contributed by atoms with Crippen LogP contribution in [0.15, 0.2) is 57.7 Å². The van der Waals surface area contributed by atoms with Gasteiger partial charge in [-0.25, -0.2) is 4.79 Å². The Morgan fingerprint density at radius 2 is 1.82 bits per heavy atom. The van der Waals surface area contributed by atoms with Crippen LogP contribution in [-0.2, 0) is 16.1 Å². The summed E-state index contributed by atoms with van der Waals surface area (Å²) in [5.41, 5.74) is 3.13. The lowest BCUT2D eigenvalue weighted by atomic mass is 10.0. The van der Waals surface area contributed by atoms with E-state index in [4.69, 9.17) is 9.15 Å². The molecule has 0 aliphatic rings. The highest BCUT2D eigenvalue weighted by Crippen LogP contribution is 2.15. The Morgan fingerprint density at radius 1 is 1.11 bits per heavy atom. The molecule has 0 bridgehead atoms. The average Bonchev–Trinajstić information content (AvgIpc) is 3.04. The normalized spacial score (nSPS) is 11.8. The van der Waals surface area contributed by atoms with Crippen molar-refractivity contribution in [1.82, 2.24) is 9.78 Å². The molecule has 0 aliphatic carbocycles. The van der Waals surface area contributed by atoms with Gasteiger partial charge >= 0.3 is 11.7 Å². The second kappa shape index (κ2) is 8.04. The van der Waals surface area contributed by atoms with Gasteiger partial charge in [0.1, 0.15) is 6.54 Å². The second-order valence-electron chi connectivity index (χ2n) is 6.49. The number of carbonyl (C=O) groups is 2.